The van der Waals surface area contributed by atoms with E-state index in [1.165, 1.54) is 0 Å². The van der Waals surface area contributed by atoms with Crippen LogP contribution in [0.5, 0.6) is 0 Å². The molecule has 0 aromatic heterocycles. The average molecular weight is 708 g/mol. The topological polar surface area (TPSA) is 153 Å². The van der Waals surface area contributed by atoms with Crippen molar-refractivity contribution in [3.05, 3.63) is 10.4 Å². The van der Waals surface area contributed by atoms with Gasteiger partial charge in [-0.15, -0.1) is 0 Å². The number of ketones is 1. The molecule has 0 aromatic rings. The first-order valence-corrected chi connectivity index (χ1v) is 18.7. The quantitative estimate of drug-likeness (QED) is 0.0598. The average Bonchev–Trinajstić information content (AvgIpc) is 3.33. The number of cyclic esters (lactones) is 1. The Morgan fingerprint density at radius 1 is 1.06 bits per heavy atom. The van der Waals surface area contributed by atoms with Crippen molar-refractivity contribution in [3.8, 4) is 0 Å². The highest BCUT2D eigenvalue weighted by atomic mass is 16.7. The van der Waals surface area contributed by atoms with E-state index in [1.54, 1.807) is 18.9 Å². The van der Waals surface area contributed by atoms with Gasteiger partial charge < -0.3 is 33.5 Å². The van der Waals surface area contributed by atoms with Gasteiger partial charge in [0.15, 0.2) is 17.7 Å². The van der Waals surface area contributed by atoms with Crippen LogP contribution in [0.4, 0.5) is 4.79 Å². The molecular weight excluding hydrogens is 642 g/mol. The van der Waals surface area contributed by atoms with Gasteiger partial charge >= 0.3 is 12.1 Å². The highest BCUT2D eigenvalue weighted by Gasteiger charge is 2.58. The number of fused-ring (bicyclic) bond motifs is 1. The van der Waals surface area contributed by atoms with E-state index in [9.17, 15) is 14.4 Å². The molecule has 0 saturated carbocycles. The van der Waals surface area contributed by atoms with Crippen molar-refractivity contribution in [1.29, 1.82) is 0 Å². The van der Waals surface area contributed by atoms with Crippen molar-refractivity contribution in [3.63, 3.8) is 0 Å². The molecule has 0 bridgehead atoms. The van der Waals surface area contributed by atoms with E-state index in [4.69, 9.17) is 29.2 Å². The Morgan fingerprint density at radius 2 is 1.74 bits per heavy atom. The number of Topliss-reactive ketones (excluding diaryl/α,β-unsaturated/α-hetero) is 1. The number of esters is 1. The highest BCUT2D eigenvalue weighted by Crippen LogP contribution is 2.43. The number of carbonyl (C=O) groups is 3. The predicted molar refractivity (Wildman–Crippen MR) is 190 cm³/mol. The van der Waals surface area contributed by atoms with Gasteiger partial charge in [-0.2, -0.15) is 0 Å². The summed E-state index contributed by atoms with van der Waals surface area (Å²) >= 11 is 0. The lowest BCUT2D eigenvalue weighted by Gasteiger charge is -2.47. The molecule has 0 aromatic carbocycles. The van der Waals surface area contributed by atoms with Crippen molar-refractivity contribution >= 4 is 17.8 Å². The van der Waals surface area contributed by atoms with Gasteiger partial charge in [0.05, 0.1) is 23.9 Å². The van der Waals surface area contributed by atoms with E-state index in [2.05, 4.69) is 49.8 Å². The lowest BCUT2D eigenvalue weighted by Crippen LogP contribution is -2.57. The minimum Gasteiger partial charge on any atom is -0.458 e. The number of carbonyl (C=O) groups excluding carboxylic acids is 3. The zero-order valence-electron chi connectivity index (χ0n) is 32.7. The second-order valence-corrected chi connectivity index (χ2v) is 16.0. The fraction of sp³-hybridized carbons (Fsp3) is 0.919. The van der Waals surface area contributed by atoms with Crippen LogP contribution in [0.25, 0.3) is 10.4 Å². The summed E-state index contributed by atoms with van der Waals surface area (Å²) in [5.74, 6) is -2.60. The van der Waals surface area contributed by atoms with Crippen LogP contribution in [0.3, 0.4) is 0 Å². The molecule has 0 N–H and O–H groups in total. The van der Waals surface area contributed by atoms with Gasteiger partial charge in [0.1, 0.15) is 12.0 Å². The molecule has 3 aliphatic rings. The first-order chi connectivity index (χ1) is 23.4. The largest absolute Gasteiger partial charge is 0.458 e. The van der Waals surface area contributed by atoms with Crippen LogP contribution in [0.2, 0.25) is 0 Å². The van der Waals surface area contributed by atoms with E-state index in [1.807, 2.05) is 34.6 Å². The second kappa shape index (κ2) is 17.9. The van der Waals surface area contributed by atoms with Crippen molar-refractivity contribution in [2.75, 3.05) is 34.3 Å². The number of hydrogen-bond donors (Lipinski definition) is 0. The minimum atomic E-state index is -1.13. The van der Waals surface area contributed by atoms with Gasteiger partial charge in [-0.3, -0.25) is 9.59 Å². The molecule has 286 valence electrons. The fourth-order valence-corrected chi connectivity index (χ4v) is 8.84. The molecule has 50 heavy (non-hydrogen) atoms. The van der Waals surface area contributed by atoms with Crippen molar-refractivity contribution in [2.45, 2.75) is 155 Å². The maximum atomic E-state index is 14.3. The Hall–Kier alpha value is -2.44. The summed E-state index contributed by atoms with van der Waals surface area (Å²) in [6.07, 6.45) is 2.19. The number of methoxy groups -OCH3 is 1. The van der Waals surface area contributed by atoms with Crippen molar-refractivity contribution in [2.24, 2.45) is 34.7 Å². The molecule has 3 fully saturated rings. The summed E-state index contributed by atoms with van der Waals surface area (Å²) in [7, 11) is 5.78. The van der Waals surface area contributed by atoms with Gasteiger partial charge in [-0.05, 0) is 97.7 Å². The molecular formula is C37H65N5O8. The summed E-state index contributed by atoms with van der Waals surface area (Å²) in [5, 5.41) is 3.63. The van der Waals surface area contributed by atoms with Gasteiger partial charge in [-0.1, -0.05) is 46.2 Å². The Kier molecular flexibility index (Phi) is 15.0. The lowest BCUT2D eigenvalue weighted by atomic mass is 9.76. The van der Waals surface area contributed by atoms with Crippen LogP contribution in [0, 0.1) is 29.6 Å². The monoisotopic (exact) mass is 707 g/mol. The Bertz CT molecular complexity index is 1210. The molecule has 0 radical (unpaired) electrons. The molecule has 3 aliphatic heterocycles. The summed E-state index contributed by atoms with van der Waals surface area (Å²) in [4.78, 5) is 48.4. The Labute approximate surface area is 300 Å². The van der Waals surface area contributed by atoms with Crippen LogP contribution < -0.4 is 0 Å². The first-order valence-electron chi connectivity index (χ1n) is 18.7. The maximum Gasteiger partial charge on any atom is 0.410 e. The van der Waals surface area contributed by atoms with Gasteiger partial charge in [0.25, 0.3) is 0 Å². The molecule has 13 nitrogen and oxygen atoms in total. The molecule has 3 saturated heterocycles. The zero-order valence-corrected chi connectivity index (χ0v) is 32.7. The third kappa shape index (κ3) is 9.31. The first kappa shape index (κ1) is 42.0. The number of amides is 1. The van der Waals surface area contributed by atoms with E-state index < -0.39 is 53.6 Å². The van der Waals surface area contributed by atoms with Crippen molar-refractivity contribution in [1.82, 2.24) is 9.80 Å². The number of hydrogen-bond acceptors (Lipinski definition) is 10. The van der Waals surface area contributed by atoms with E-state index in [-0.39, 0.29) is 41.7 Å². The van der Waals surface area contributed by atoms with Gasteiger partial charge in [0, 0.05) is 43.0 Å². The van der Waals surface area contributed by atoms with E-state index in [0.717, 1.165) is 19.3 Å². The van der Waals surface area contributed by atoms with E-state index >= 15 is 0 Å². The second-order valence-electron chi connectivity index (χ2n) is 16.0. The van der Waals surface area contributed by atoms with Crippen LogP contribution in [0.15, 0.2) is 5.11 Å². The van der Waals surface area contributed by atoms with E-state index in [0.29, 0.717) is 38.8 Å². The Morgan fingerprint density at radius 3 is 2.34 bits per heavy atom. The molecule has 13 atom stereocenters. The van der Waals surface area contributed by atoms with Crippen LogP contribution in [-0.4, -0.2) is 110 Å². The van der Waals surface area contributed by atoms with Gasteiger partial charge in [0.2, 0.25) is 0 Å². The highest BCUT2D eigenvalue weighted by molar-refractivity contribution is 6.00. The lowest BCUT2D eigenvalue weighted by molar-refractivity contribution is -0.281. The molecule has 0 aliphatic carbocycles. The number of nitrogens with zero attached hydrogens (tertiary/aromatic N) is 5. The summed E-state index contributed by atoms with van der Waals surface area (Å²) in [6.45, 7) is 18.4. The molecule has 1 amide bonds. The smallest absolute Gasteiger partial charge is 0.410 e. The third-order valence-electron chi connectivity index (χ3n) is 11.8. The molecule has 13 heteroatoms. The number of ether oxygens (including phenoxy) is 5. The predicted octanol–water partition coefficient (Wildman–Crippen LogP) is 6.77. The number of azide groups is 1. The minimum absolute atomic E-state index is 0.0105. The maximum absolute atomic E-state index is 14.3. The normalized spacial score (nSPS) is 40.7. The van der Waals surface area contributed by atoms with Gasteiger partial charge in [-0.25, -0.2) is 4.79 Å². The molecule has 0 spiro atoms. The number of rotatable bonds is 10. The molecule has 3 rings (SSSR count). The molecule has 3 heterocycles. The standard InChI is InChI=1S/C37H65N5O8/c1-13-29-37(9)31(42(35(45)50-37)19-15-14-18-39-40-38)23(3)17-16-22(2)21-36(8,46-12)32(26(6)30(43)27(7)33(44)48-29)49-34-25(5)28(41(10)11)20-24(4)47-34/h22-29,31-32,34H,13-21H2,1-12H3/t22-,23-,24?,25?,26-,27+,28?,29+,31+,32+,34-,36+,37+/m0/s1. The zero-order chi connectivity index (χ0) is 37.6. The molecule has 3 unspecified atom stereocenters. The third-order valence-corrected chi connectivity index (χ3v) is 11.8. The van der Waals surface area contributed by atoms with Crippen LogP contribution in [0.1, 0.15) is 107 Å². The SMILES string of the molecule is CC[C@H]1OC(=O)[C@H](C)C(=O)[C@H](C)[C@@H](O[C@@H]2OC(C)CC(N(C)C)C2C)[C@](C)(OC)C[C@@H](C)CC[C@H](C)[C@H]2N(CCCCN=[N+]=[N-])C(=O)O[C@]12C. The van der Waals surface area contributed by atoms with Crippen LogP contribution >= 0.6 is 0 Å². The summed E-state index contributed by atoms with van der Waals surface area (Å²) in [6, 6.07) is -0.150. The fourth-order valence-electron chi connectivity index (χ4n) is 8.84. The van der Waals surface area contributed by atoms with Crippen LogP contribution in [-0.2, 0) is 33.3 Å². The van der Waals surface area contributed by atoms with Crippen molar-refractivity contribution < 1.29 is 38.1 Å². The Balaban J connectivity index is 2.02. The number of unbranched alkanes of at least 4 members (excludes halogenated alkanes) is 1. The summed E-state index contributed by atoms with van der Waals surface area (Å²) in [5.41, 5.74) is 6.65. The summed E-state index contributed by atoms with van der Waals surface area (Å²) < 4.78 is 31.9.